The van der Waals surface area contributed by atoms with Crippen molar-refractivity contribution in [2.75, 3.05) is 7.11 Å². The van der Waals surface area contributed by atoms with E-state index in [1.807, 2.05) is 0 Å². The second-order valence-electron chi connectivity index (χ2n) is 5.66. The maximum absolute atomic E-state index is 13.2. The lowest BCUT2D eigenvalue weighted by Gasteiger charge is -2.31. The van der Waals surface area contributed by atoms with Crippen LogP contribution in [0, 0.1) is 0 Å². The molecule has 1 aliphatic rings. The summed E-state index contributed by atoms with van der Waals surface area (Å²) in [7, 11) is -2.65. The van der Waals surface area contributed by atoms with Crippen molar-refractivity contribution in [2.24, 2.45) is 0 Å². The van der Waals surface area contributed by atoms with Crippen molar-refractivity contribution in [3.05, 3.63) is 43.8 Å². The van der Waals surface area contributed by atoms with Gasteiger partial charge in [-0.3, -0.25) is 0 Å². The van der Waals surface area contributed by atoms with Gasteiger partial charge in [-0.25, -0.2) is 13.4 Å². The van der Waals surface area contributed by atoms with E-state index < -0.39 is 20.3 Å². The van der Waals surface area contributed by atoms with Crippen molar-refractivity contribution < 1.29 is 18.3 Å². The molecule has 128 valence electrons. The van der Waals surface area contributed by atoms with Crippen molar-refractivity contribution >= 4 is 55.0 Å². The van der Waals surface area contributed by atoms with Gasteiger partial charge in [0.15, 0.2) is 15.6 Å². The monoisotopic (exact) mass is 405 g/mol. The zero-order valence-corrected chi connectivity index (χ0v) is 16.1. The van der Waals surface area contributed by atoms with Crippen LogP contribution in [0.4, 0.5) is 0 Å². The average molecular weight is 406 g/mol. The summed E-state index contributed by atoms with van der Waals surface area (Å²) < 4.78 is 30.4. The Balaban J connectivity index is 2.49. The van der Waals surface area contributed by atoms with E-state index in [9.17, 15) is 13.5 Å². The van der Waals surface area contributed by atoms with Crippen LogP contribution in [0.3, 0.4) is 0 Å². The van der Waals surface area contributed by atoms with Gasteiger partial charge in [-0.05, 0) is 26.0 Å². The van der Waals surface area contributed by atoms with Crippen molar-refractivity contribution in [2.45, 2.75) is 18.6 Å². The summed E-state index contributed by atoms with van der Waals surface area (Å²) in [5.41, 5.74) is 1.86. The van der Waals surface area contributed by atoms with Gasteiger partial charge in [-0.15, -0.1) is 11.3 Å². The molecule has 2 aromatic rings. The third kappa shape index (κ3) is 2.19. The Morgan fingerprint density at radius 2 is 1.88 bits per heavy atom. The number of aromatic nitrogens is 1. The number of halogens is 2. The molecule has 1 N–H and O–H groups in total. The summed E-state index contributed by atoms with van der Waals surface area (Å²) in [6.45, 7) is 3.08. The number of hydrogen-bond acceptors (Lipinski definition) is 6. The maximum atomic E-state index is 13.2. The van der Waals surface area contributed by atoms with Gasteiger partial charge in [0, 0.05) is 0 Å². The molecule has 9 heteroatoms. The Hall–Kier alpha value is -1.28. The molecule has 0 saturated carbocycles. The summed E-state index contributed by atoms with van der Waals surface area (Å²) in [4.78, 5) is 4.22. The summed E-state index contributed by atoms with van der Waals surface area (Å²) >= 11 is 13.5. The van der Waals surface area contributed by atoms with Crippen molar-refractivity contribution in [3.8, 4) is 5.75 Å². The van der Waals surface area contributed by atoms with Crippen molar-refractivity contribution in [3.63, 3.8) is 0 Å². The van der Waals surface area contributed by atoms with Gasteiger partial charge >= 0.3 is 0 Å². The van der Waals surface area contributed by atoms with E-state index in [-0.39, 0.29) is 26.3 Å². The number of ether oxygens (including phenoxy) is 1. The number of methoxy groups -OCH3 is 1. The molecule has 2 heterocycles. The van der Waals surface area contributed by atoms with Crippen LogP contribution < -0.4 is 4.74 Å². The fraction of sp³-hybridized carbons (Fsp3) is 0.267. The smallest absolute Gasteiger partial charge is 0.193 e. The van der Waals surface area contributed by atoms with E-state index in [2.05, 4.69) is 4.98 Å². The second kappa shape index (κ2) is 5.62. The topological polar surface area (TPSA) is 76.5 Å². The number of hydrogen-bond donors (Lipinski definition) is 1. The molecule has 0 aliphatic carbocycles. The minimum atomic E-state index is -4.01. The molecule has 1 aromatic heterocycles. The SMILES string of the molecule is COc1c(Cl)ccc(Cl)c1C1=C(O)c2scnc2C(C)(C)S1(=O)=O. The molecule has 0 spiro atoms. The summed E-state index contributed by atoms with van der Waals surface area (Å²) in [5, 5.41) is 11.0. The quantitative estimate of drug-likeness (QED) is 0.795. The third-order valence-electron chi connectivity index (χ3n) is 4.00. The van der Waals surface area contributed by atoms with Gasteiger partial charge < -0.3 is 9.84 Å². The molecule has 0 saturated heterocycles. The van der Waals surface area contributed by atoms with Gasteiger partial charge in [-0.1, -0.05) is 23.2 Å². The molecule has 24 heavy (non-hydrogen) atoms. The van der Waals surface area contributed by atoms with Crippen LogP contribution in [0.1, 0.15) is 30.0 Å². The molecule has 1 aliphatic heterocycles. The fourth-order valence-corrected chi connectivity index (χ4v) is 5.96. The summed E-state index contributed by atoms with van der Waals surface area (Å²) in [6.07, 6.45) is 0. The van der Waals surface area contributed by atoms with Gasteiger partial charge in [0.05, 0.1) is 38.8 Å². The number of sulfone groups is 1. The van der Waals surface area contributed by atoms with Crippen LogP contribution >= 0.6 is 34.5 Å². The Morgan fingerprint density at radius 1 is 1.25 bits per heavy atom. The van der Waals surface area contributed by atoms with Crippen LogP contribution in [0.5, 0.6) is 5.75 Å². The molecule has 0 amide bonds. The molecule has 1 aromatic carbocycles. The predicted octanol–water partition coefficient (Wildman–Crippen LogP) is 4.51. The average Bonchev–Trinajstić information content (AvgIpc) is 3.00. The Bertz CT molecular complexity index is 977. The largest absolute Gasteiger partial charge is 0.505 e. The van der Waals surface area contributed by atoms with Crippen LogP contribution in [0.25, 0.3) is 10.7 Å². The standard InChI is InChI=1S/C15H13Cl2NO4S2/c1-15(2)14-12(23-6-18-14)10(19)13(24(15,20)21)9-7(16)4-5-8(17)11(9)22-3/h4-6,19H,1-3H3. The zero-order chi connectivity index (χ0) is 17.9. The first-order chi connectivity index (χ1) is 11.1. The first-order valence-electron chi connectivity index (χ1n) is 6.79. The van der Waals surface area contributed by atoms with Crippen molar-refractivity contribution in [1.29, 1.82) is 0 Å². The lowest BCUT2D eigenvalue weighted by Crippen LogP contribution is -2.34. The van der Waals surface area contributed by atoms with Gasteiger partial charge in [0.25, 0.3) is 0 Å². The normalized spacial score (nSPS) is 18.4. The Labute approximate surface area is 153 Å². The molecule has 3 rings (SSSR count). The van der Waals surface area contributed by atoms with E-state index in [1.54, 1.807) is 0 Å². The van der Waals surface area contributed by atoms with Gasteiger partial charge in [0.2, 0.25) is 0 Å². The highest BCUT2D eigenvalue weighted by Gasteiger charge is 2.50. The van der Waals surface area contributed by atoms with E-state index in [1.165, 1.54) is 38.6 Å². The maximum Gasteiger partial charge on any atom is 0.193 e. The first kappa shape index (κ1) is 17.5. The summed E-state index contributed by atoms with van der Waals surface area (Å²) in [5.74, 6) is -0.299. The molecular formula is C15H13Cl2NO4S2. The first-order valence-corrected chi connectivity index (χ1v) is 9.91. The highest BCUT2D eigenvalue weighted by molar-refractivity contribution is 8.01. The minimum Gasteiger partial charge on any atom is -0.505 e. The predicted molar refractivity (Wildman–Crippen MR) is 96.5 cm³/mol. The van der Waals surface area contributed by atoms with Crippen LogP contribution in [0.2, 0.25) is 10.0 Å². The van der Waals surface area contributed by atoms with Crippen LogP contribution in [-0.2, 0) is 14.6 Å². The minimum absolute atomic E-state index is 0.0521. The number of fused-ring (bicyclic) bond motifs is 1. The van der Waals surface area contributed by atoms with Crippen LogP contribution in [0.15, 0.2) is 17.6 Å². The fourth-order valence-electron chi connectivity index (χ4n) is 2.65. The van der Waals surface area contributed by atoms with E-state index in [0.717, 1.165) is 11.3 Å². The second-order valence-corrected chi connectivity index (χ2v) is 9.76. The number of rotatable bonds is 2. The third-order valence-corrected chi connectivity index (χ3v) is 7.92. The van der Waals surface area contributed by atoms with E-state index in [0.29, 0.717) is 10.6 Å². The zero-order valence-electron chi connectivity index (χ0n) is 12.9. The van der Waals surface area contributed by atoms with E-state index >= 15 is 0 Å². The molecule has 0 unspecified atom stereocenters. The molecule has 0 atom stereocenters. The Morgan fingerprint density at radius 3 is 2.50 bits per heavy atom. The number of nitrogens with zero attached hydrogens (tertiary/aromatic N) is 1. The van der Waals surface area contributed by atoms with Gasteiger partial charge in [0.1, 0.15) is 15.4 Å². The number of aliphatic hydroxyl groups excluding tert-OH is 1. The van der Waals surface area contributed by atoms with Crippen LogP contribution in [-0.4, -0.2) is 25.6 Å². The highest BCUT2D eigenvalue weighted by atomic mass is 35.5. The number of aliphatic hydroxyl groups is 1. The molecule has 5 nitrogen and oxygen atoms in total. The number of thiazole rings is 1. The molecule has 0 bridgehead atoms. The van der Waals surface area contributed by atoms with E-state index in [4.69, 9.17) is 27.9 Å². The highest BCUT2D eigenvalue weighted by Crippen LogP contribution is 2.52. The lowest BCUT2D eigenvalue weighted by atomic mass is 10.1. The summed E-state index contributed by atoms with van der Waals surface area (Å²) in [6, 6.07) is 2.97. The van der Waals surface area contributed by atoms with Gasteiger partial charge in [-0.2, -0.15) is 0 Å². The number of benzene rings is 1. The Kier molecular flexibility index (Phi) is 4.11. The molecule has 0 radical (unpaired) electrons. The molecular weight excluding hydrogens is 393 g/mol. The van der Waals surface area contributed by atoms with Crippen molar-refractivity contribution in [1.82, 2.24) is 4.98 Å². The lowest BCUT2D eigenvalue weighted by molar-refractivity contribution is 0.413. The molecule has 0 fully saturated rings.